The highest BCUT2D eigenvalue weighted by Crippen LogP contribution is 2.15. The Bertz CT molecular complexity index is 1670. The topological polar surface area (TPSA) is 142 Å². The van der Waals surface area contributed by atoms with Crippen molar-refractivity contribution in [3.63, 3.8) is 0 Å². The molecule has 0 spiro atoms. The Labute approximate surface area is 473 Å². The van der Waals surface area contributed by atoms with Crippen molar-refractivity contribution in [2.24, 2.45) is 0 Å². The van der Waals surface area contributed by atoms with E-state index in [0.717, 1.165) is 34.4 Å². The number of hydrogen-bond donors (Lipinski definition) is 0. The third-order valence-corrected chi connectivity index (χ3v) is 9.14. The lowest BCUT2D eigenvalue weighted by molar-refractivity contribution is 0.774. The van der Waals surface area contributed by atoms with Crippen molar-refractivity contribution < 1.29 is 0 Å². The monoisotopic (exact) mass is 1070 g/mol. The molecular formula is C64H113N11S. The van der Waals surface area contributed by atoms with Gasteiger partial charge in [0.15, 0.2) is 0 Å². The molecule has 12 heteroatoms. The van der Waals surface area contributed by atoms with Crippen LogP contribution in [0.15, 0.2) is 134 Å². The zero-order chi connectivity index (χ0) is 60.1. The number of thiazole rings is 1. The van der Waals surface area contributed by atoms with Crippen LogP contribution < -0.4 is 0 Å². The highest BCUT2D eigenvalue weighted by molar-refractivity contribution is 7.09. The van der Waals surface area contributed by atoms with Crippen molar-refractivity contribution in [3.8, 4) is 0 Å². The second kappa shape index (κ2) is 65.4. The standard InChI is InChI=1S/2C8H11N.4C7H10N2.C6H9NS.7C2H6/c2*1-7(2)8-5-3-4-6-9-8;1-6(2)7-5-8-3-4-9-7;2*1-6(2)7-8-4-3-5-9-7;1-6(2)7-4-3-5-8-9-7;1-5(2)6-7-3-4-8-6;7*1-2/h2*3-7H,1-2H3;4*3-6H,1-2H3;3-5H,1-2H3;7*1-2H3. The first kappa shape index (κ1) is 84.2. The average Bonchev–Trinajstić information content (AvgIpc) is 4.06. The Morgan fingerprint density at radius 3 is 0.829 bits per heavy atom. The van der Waals surface area contributed by atoms with Crippen molar-refractivity contribution in [1.29, 1.82) is 0 Å². The maximum absolute atomic E-state index is 4.18. The number of pyridine rings is 2. The second-order valence-electron chi connectivity index (χ2n) is 16.0. The summed E-state index contributed by atoms with van der Waals surface area (Å²) >= 11 is 1.72. The Hall–Kier alpha value is -5.75. The summed E-state index contributed by atoms with van der Waals surface area (Å²) in [5.74, 6) is 5.36. The predicted molar refractivity (Wildman–Crippen MR) is 337 cm³/mol. The molecule has 7 aromatic rings. The molecule has 0 fully saturated rings. The van der Waals surface area contributed by atoms with E-state index in [1.807, 2.05) is 182 Å². The van der Waals surface area contributed by atoms with E-state index in [0.29, 0.717) is 41.4 Å². The molecule has 0 saturated heterocycles. The van der Waals surface area contributed by atoms with Gasteiger partial charge in [-0.05, 0) is 72.2 Å². The molecular weight excluding hydrogens is 955 g/mol. The number of hydrogen-bond acceptors (Lipinski definition) is 12. The fourth-order valence-corrected chi connectivity index (χ4v) is 5.06. The minimum atomic E-state index is 0.436. The molecule has 7 rings (SSSR count). The molecule has 7 aromatic heterocycles. The SMILES string of the molecule is CC.CC.CC.CC.CC.CC.CC.CC(C)c1ccccn1.CC(C)c1ccccn1.CC(C)c1cccnn1.CC(C)c1cnccn1.CC(C)c1ncccn1.CC(C)c1ncccn1.CC(C)c1nccs1. The quantitative estimate of drug-likeness (QED) is 0.151. The highest BCUT2D eigenvalue weighted by atomic mass is 32.1. The zero-order valence-corrected chi connectivity index (χ0v) is 54.4. The van der Waals surface area contributed by atoms with Gasteiger partial charge in [0.1, 0.15) is 11.6 Å². The van der Waals surface area contributed by atoms with Crippen molar-refractivity contribution in [1.82, 2.24) is 55.1 Å². The van der Waals surface area contributed by atoms with E-state index in [9.17, 15) is 0 Å². The number of rotatable bonds is 7. The third-order valence-electron chi connectivity index (χ3n) is 8.07. The van der Waals surface area contributed by atoms with Crippen LogP contribution in [0.25, 0.3) is 0 Å². The van der Waals surface area contributed by atoms with Crippen LogP contribution in [-0.2, 0) is 0 Å². The van der Waals surface area contributed by atoms with Crippen molar-refractivity contribution >= 4 is 11.3 Å². The summed E-state index contributed by atoms with van der Waals surface area (Å²) in [7, 11) is 0. The Balaban J connectivity index is -0.000000141. The summed E-state index contributed by atoms with van der Waals surface area (Å²) in [5, 5.41) is 10.9. The first-order valence-corrected chi connectivity index (χ1v) is 29.3. The summed E-state index contributed by atoms with van der Waals surface area (Å²) in [5.41, 5.74) is 4.44. The van der Waals surface area contributed by atoms with Crippen LogP contribution in [0.4, 0.5) is 0 Å². The highest BCUT2D eigenvalue weighted by Gasteiger charge is 2.01. The van der Waals surface area contributed by atoms with Gasteiger partial charge in [-0.2, -0.15) is 10.2 Å². The lowest BCUT2D eigenvalue weighted by Gasteiger charge is -2.00. The van der Waals surface area contributed by atoms with Crippen LogP contribution in [-0.4, -0.2) is 55.1 Å². The van der Waals surface area contributed by atoms with Gasteiger partial charge < -0.3 is 0 Å². The van der Waals surface area contributed by atoms with E-state index in [1.165, 1.54) is 5.01 Å². The average molecular weight is 1070 g/mol. The van der Waals surface area contributed by atoms with Gasteiger partial charge in [-0.3, -0.25) is 19.9 Å². The van der Waals surface area contributed by atoms with Crippen molar-refractivity contribution in [3.05, 3.63) is 174 Å². The molecule has 7 heterocycles. The molecule has 0 atom stereocenters. The fourth-order valence-electron chi connectivity index (χ4n) is 4.40. The lowest BCUT2D eigenvalue weighted by Crippen LogP contribution is -1.93. The van der Waals surface area contributed by atoms with Gasteiger partial charge >= 0.3 is 0 Å². The molecule has 0 unspecified atom stereocenters. The smallest absolute Gasteiger partial charge is 0.130 e. The summed E-state index contributed by atoms with van der Waals surface area (Å²) < 4.78 is 0. The fraction of sp³-hybridized carbons (Fsp3) is 0.547. The minimum Gasteiger partial charge on any atom is -0.261 e. The van der Waals surface area contributed by atoms with E-state index in [1.54, 1.807) is 60.9 Å². The van der Waals surface area contributed by atoms with Crippen LogP contribution in [0, 0.1) is 0 Å². The van der Waals surface area contributed by atoms with E-state index >= 15 is 0 Å². The molecule has 0 aliphatic carbocycles. The molecule has 76 heavy (non-hydrogen) atoms. The molecule has 11 nitrogen and oxygen atoms in total. The Morgan fingerprint density at radius 2 is 0.645 bits per heavy atom. The molecule has 0 amide bonds. The second-order valence-corrected chi connectivity index (χ2v) is 16.9. The number of aromatic nitrogens is 11. The van der Waals surface area contributed by atoms with Gasteiger partial charge in [0.05, 0.1) is 16.4 Å². The summed E-state index contributed by atoms with van der Waals surface area (Å²) in [4.78, 5) is 36.8. The molecule has 0 bridgehead atoms. The first-order chi connectivity index (χ1) is 36.6. The summed E-state index contributed by atoms with van der Waals surface area (Å²) in [6.45, 7) is 57.6. The van der Waals surface area contributed by atoms with Crippen LogP contribution in [0.2, 0.25) is 0 Å². The van der Waals surface area contributed by atoms with Gasteiger partial charge in [-0.15, -0.1) is 11.3 Å². The molecule has 0 aromatic carbocycles. The van der Waals surface area contributed by atoms with E-state index < -0.39 is 0 Å². The van der Waals surface area contributed by atoms with Gasteiger partial charge in [-0.25, -0.2) is 24.9 Å². The van der Waals surface area contributed by atoms with E-state index in [2.05, 4.69) is 152 Å². The normalized spacial score (nSPS) is 8.83. The first-order valence-electron chi connectivity index (χ1n) is 28.4. The number of nitrogens with zero attached hydrogens (tertiary/aromatic N) is 11. The Morgan fingerprint density at radius 1 is 0.289 bits per heavy atom. The maximum atomic E-state index is 4.18. The third kappa shape index (κ3) is 51.7. The van der Waals surface area contributed by atoms with Crippen LogP contribution >= 0.6 is 11.3 Å². The van der Waals surface area contributed by atoms with Crippen molar-refractivity contribution in [2.75, 3.05) is 0 Å². The molecule has 0 N–H and O–H groups in total. The van der Waals surface area contributed by atoms with Gasteiger partial charge in [0, 0.05) is 103 Å². The largest absolute Gasteiger partial charge is 0.261 e. The molecule has 0 aliphatic rings. The summed E-state index contributed by atoms with van der Waals surface area (Å²) in [6.07, 6.45) is 19.5. The molecule has 0 saturated carbocycles. The molecule has 430 valence electrons. The minimum absolute atomic E-state index is 0.436. The maximum Gasteiger partial charge on any atom is 0.130 e. The zero-order valence-electron chi connectivity index (χ0n) is 53.6. The molecule has 0 aliphatic heterocycles. The van der Waals surface area contributed by atoms with Crippen LogP contribution in [0.3, 0.4) is 0 Å². The van der Waals surface area contributed by atoms with Gasteiger partial charge in [-0.1, -0.05) is 206 Å². The predicted octanol–water partition coefficient (Wildman–Crippen LogP) is 20.3. The summed E-state index contributed by atoms with van der Waals surface area (Å²) in [6, 6.07) is 19.5. The van der Waals surface area contributed by atoms with Gasteiger partial charge in [0.25, 0.3) is 0 Å². The van der Waals surface area contributed by atoms with Crippen LogP contribution in [0.5, 0.6) is 0 Å². The van der Waals surface area contributed by atoms with E-state index in [-0.39, 0.29) is 0 Å². The Kier molecular flexibility index (Phi) is 72.4. The lowest BCUT2D eigenvalue weighted by atomic mass is 10.1. The van der Waals surface area contributed by atoms with Crippen LogP contribution in [0.1, 0.15) is 275 Å². The van der Waals surface area contributed by atoms with Gasteiger partial charge in [0.2, 0.25) is 0 Å². The van der Waals surface area contributed by atoms with Crippen molar-refractivity contribution in [2.45, 2.75) is 235 Å². The van der Waals surface area contributed by atoms with E-state index in [4.69, 9.17) is 0 Å². The molecule has 0 radical (unpaired) electrons.